The molecule has 2 aromatic heterocycles. The summed E-state index contributed by atoms with van der Waals surface area (Å²) in [5, 5.41) is 13.2. The number of nitrogens with zero attached hydrogens (tertiary/aromatic N) is 2. The van der Waals surface area contributed by atoms with E-state index in [2.05, 4.69) is 4.98 Å². The fourth-order valence-electron chi connectivity index (χ4n) is 4.32. The first kappa shape index (κ1) is 26.8. The van der Waals surface area contributed by atoms with Crippen molar-refractivity contribution in [3.63, 3.8) is 0 Å². The van der Waals surface area contributed by atoms with Gasteiger partial charge < -0.3 is 14.7 Å². The number of pyridine rings is 1. The van der Waals surface area contributed by atoms with Crippen molar-refractivity contribution >= 4 is 28.8 Å². The number of ketones is 1. The van der Waals surface area contributed by atoms with Crippen LogP contribution in [0.5, 0.6) is 5.75 Å². The Morgan fingerprint density at radius 2 is 1.76 bits per heavy atom. The van der Waals surface area contributed by atoms with E-state index in [4.69, 9.17) is 4.74 Å². The lowest BCUT2D eigenvalue weighted by Crippen LogP contribution is -2.28. The van der Waals surface area contributed by atoms with Gasteiger partial charge in [0.15, 0.2) is 0 Å². The van der Waals surface area contributed by atoms with Crippen LogP contribution in [-0.2, 0) is 22.7 Å². The number of amides is 1. The Balaban J connectivity index is 0.00000164. The van der Waals surface area contributed by atoms with Crippen LogP contribution in [-0.4, -0.2) is 26.7 Å². The third-order valence-electron chi connectivity index (χ3n) is 6.11. The largest absolute Gasteiger partial charge is 0.507 e. The minimum Gasteiger partial charge on any atom is -0.507 e. The third kappa shape index (κ3) is 5.68. The van der Waals surface area contributed by atoms with E-state index in [-0.39, 0.29) is 17.9 Å². The molecular weight excluding hydrogens is 496 g/mol. The maximum atomic E-state index is 13.2. The van der Waals surface area contributed by atoms with E-state index in [1.807, 2.05) is 74.7 Å². The van der Waals surface area contributed by atoms with Crippen molar-refractivity contribution in [3.05, 3.63) is 123 Å². The lowest BCUT2D eigenvalue weighted by atomic mass is 9.98. The Hall–Kier alpha value is -4.23. The van der Waals surface area contributed by atoms with Gasteiger partial charge >= 0.3 is 0 Å². The van der Waals surface area contributed by atoms with Gasteiger partial charge in [-0.3, -0.25) is 14.6 Å². The van der Waals surface area contributed by atoms with E-state index < -0.39 is 17.7 Å². The van der Waals surface area contributed by atoms with E-state index in [1.165, 1.54) is 16.2 Å². The molecule has 1 saturated heterocycles. The van der Waals surface area contributed by atoms with Crippen LogP contribution >= 0.6 is 11.3 Å². The number of carbonyl (C=O) groups excluding carboxylic acids is 2. The zero-order valence-electron chi connectivity index (χ0n) is 21.6. The zero-order chi connectivity index (χ0) is 27.1. The number of hydrogen-bond acceptors (Lipinski definition) is 6. The molecule has 1 fully saturated rings. The molecule has 4 aromatic rings. The number of Topliss-reactive ketones (excluding diaryl/α,β-unsaturated/α-hetero) is 1. The molecule has 3 heterocycles. The van der Waals surface area contributed by atoms with E-state index in [9.17, 15) is 14.7 Å². The summed E-state index contributed by atoms with van der Waals surface area (Å²) in [6.45, 7) is 6.52. The Morgan fingerprint density at radius 3 is 2.42 bits per heavy atom. The quantitative estimate of drug-likeness (QED) is 0.165. The number of aryl methyl sites for hydroxylation is 1. The van der Waals surface area contributed by atoms with Gasteiger partial charge in [0, 0.05) is 29.4 Å². The number of likely N-dealkylation sites (tertiary alicyclic amines) is 1. The second kappa shape index (κ2) is 12.3. The SMILES string of the molecule is CC.Cc1cc(/C(O)=C2\C(=O)C(=O)N(Cc3cccnc3)C2c2cccs2)ccc1OCc1ccccc1. The van der Waals surface area contributed by atoms with Gasteiger partial charge in [-0.25, -0.2) is 0 Å². The number of hydrogen-bond donors (Lipinski definition) is 1. The van der Waals surface area contributed by atoms with Crippen LogP contribution in [0.3, 0.4) is 0 Å². The molecular formula is C31H30N2O4S. The van der Waals surface area contributed by atoms with Crippen LogP contribution in [0, 0.1) is 6.92 Å². The monoisotopic (exact) mass is 526 g/mol. The first-order chi connectivity index (χ1) is 18.5. The molecule has 38 heavy (non-hydrogen) atoms. The van der Waals surface area contributed by atoms with E-state index in [1.54, 1.807) is 36.7 Å². The summed E-state index contributed by atoms with van der Waals surface area (Å²) in [6.07, 6.45) is 3.33. The molecule has 2 aromatic carbocycles. The maximum Gasteiger partial charge on any atom is 0.295 e. The molecule has 0 radical (unpaired) electrons. The number of aliphatic hydroxyl groups excluding tert-OH is 1. The minimum atomic E-state index is -0.697. The van der Waals surface area contributed by atoms with Crippen LogP contribution in [0.15, 0.2) is 96.1 Å². The molecule has 5 rings (SSSR count). The van der Waals surface area contributed by atoms with Gasteiger partial charge in [0.2, 0.25) is 0 Å². The van der Waals surface area contributed by atoms with E-state index in [0.29, 0.717) is 17.9 Å². The summed E-state index contributed by atoms with van der Waals surface area (Å²) in [5.41, 5.74) is 3.21. The molecule has 7 heteroatoms. The summed E-state index contributed by atoms with van der Waals surface area (Å²) < 4.78 is 5.95. The molecule has 194 valence electrons. The molecule has 1 N–H and O–H groups in total. The molecule has 0 bridgehead atoms. The highest BCUT2D eigenvalue weighted by molar-refractivity contribution is 7.10. The van der Waals surface area contributed by atoms with Gasteiger partial charge in [0.05, 0.1) is 11.6 Å². The predicted molar refractivity (Wildman–Crippen MR) is 150 cm³/mol. The number of rotatable bonds is 7. The molecule has 1 aliphatic heterocycles. The normalized spacial score (nSPS) is 16.2. The average Bonchev–Trinajstić information content (AvgIpc) is 3.57. The molecule has 0 saturated carbocycles. The number of aliphatic hydroxyl groups is 1. The summed E-state index contributed by atoms with van der Waals surface area (Å²) in [7, 11) is 0. The molecule has 1 atom stereocenters. The van der Waals surface area contributed by atoms with Crippen LogP contribution < -0.4 is 4.74 Å². The molecule has 0 spiro atoms. The summed E-state index contributed by atoms with van der Waals surface area (Å²) in [4.78, 5) is 32.7. The topological polar surface area (TPSA) is 79.7 Å². The Kier molecular flexibility index (Phi) is 8.71. The van der Waals surface area contributed by atoms with Crippen LogP contribution in [0.1, 0.15) is 47.0 Å². The highest BCUT2D eigenvalue weighted by Crippen LogP contribution is 2.42. The number of carbonyl (C=O) groups is 2. The highest BCUT2D eigenvalue weighted by Gasteiger charge is 2.46. The zero-order valence-corrected chi connectivity index (χ0v) is 22.4. The van der Waals surface area contributed by atoms with E-state index >= 15 is 0 Å². The Bertz CT molecular complexity index is 1420. The second-order valence-electron chi connectivity index (χ2n) is 8.56. The summed E-state index contributed by atoms with van der Waals surface area (Å²) in [5.74, 6) is -0.851. The Labute approximate surface area is 226 Å². The van der Waals surface area contributed by atoms with Gasteiger partial charge in [-0.2, -0.15) is 0 Å². The smallest absolute Gasteiger partial charge is 0.295 e. The number of thiophene rings is 1. The van der Waals surface area contributed by atoms with Crippen molar-refractivity contribution in [1.82, 2.24) is 9.88 Å². The molecule has 1 aliphatic rings. The fourth-order valence-corrected chi connectivity index (χ4v) is 5.17. The summed E-state index contributed by atoms with van der Waals surface area (Å²) >= 11 is 1.44. The van der Waals surface area contributed by atoms with Crippen LogP contribution in [0.2, 0.25) is 0 Å². The lowest BCUT2D eigenvalue weighted by molar-refractivity contribution is -0.140. The van der Waals surface area contributed by atoms with Crippen LogP contribution in [0.25, 0.3) is 5.76 Å². The molecule has 1 unspecified atom stereocenters. The van der Waals surface area contributed by atoms with Crippen molar-refractivity contribution in [2.75, 3.05) is 0 Å². The first-order valence-corrected chi connectivity index (χ1v) is 13.4. The standard InChI is InChI=1S/C29H24N2O4S.C2H6/c1-19-15-22(11-12-23(19)35-18-20-7-3-2-4-8-20)27(32)25-26(24-10-6-14-36-24)31(29(34)28(25)33)17-21-9-5-13-30-16-21;1-2/h2-16,26,32H,17-18H2,1H3;1-2H3/b27-25+;. The number of ether oxygens (including phenoxy) is 1. The average molecular weight is 527 g/mol. The summed E-state index contributed by atoms with van der Waals surface area (Å²) in [6, 6.07) is 21.8. The molecule has 6 nitrogen and oxygen atoms in total. The van der Waals surface area contributed by atoms with Crippen molar-refractivity contribution in [2.45, 2.75) is 40.0 Å². The number of benzene rings is 2. The van der Waals surface area contributed by atoms with Gasteiger partial charge in [-0.15, -0.1) is 11.3 Å². The van der Waals surface area contributed by atoms with Crippen molar-refractivity contribution in [1.29, 1.82) is 0 Å². The molecule has 1 amide bonds. The van der Waals surface area contributed by atoms with E-state index in [0.717, 1.165) is 21.6 Å². The van der Waals surface area contributed by atoms with Crippen molar-refractivity contribution < 1.29 is 19.4 Å². The molecule has 0 aliphatic carbocycles. The second-order valence-corrected chi connectivity index (χ2v) is 9.54. The van der Waals surface area contributed by atoms with Crippen LogP contribution in [0.4, 0.5) is 0 Å². The van der Waals surface area contributed by atoms with Gasteiger partial charge in [-0.05, 0) is 59.3 Å². The fraction of sp³-hybridized carbons (Fsp3) is 0.194. The maximum absolute atomic E-state index is 13.2. The van der Waals surface area contributed by atoms with Gasteiger partial charge in [0.1, 0.15) is 18.1 Å². The lowest BCUT2D eigenvalue weighted by Gasteiger charge is -2.24. The van der Waals surface area contributed by atoms with Gasteiger partial charge in [-0.1, -0.05) is 56.3 Å². The Morgan fingerprint density at radius 1 is 1.00 bits per heavy atom. The number of aromatic nitrogens is 1. The van der Waals surface area contributed by atoms with Crippen molar-refractivity contribution in [3.8, 4) is 5.75 Å². The van der Waals surface area contributed by atoms with Crippen molar-refractivity contribution in [2.24, 2.45) is 0 Å². The highest BCUT2D eigenvalue weighted by atomic mass is 32.1. The van der Waals surface area contributed by atoms with Gasteiger partial charge in [0.25, 0.3) is 11.7 Å². The third-order valence-corrected chi connectivity index (χ3v) is 7.04. The predicted octanol–water partition coefficient (Wildman–Crippen LogP) is 6.68. The first-order valence-electron chi connectivity index (χ1n) is 12.5. The minimum absolute atomic E-state index is 0.0868.